The number of amides is 1. The van der Waals surface area contributed by atoms with Crippen molar-refractivity contribution in [1.29, 1.82) is 0 Å². The minimum absolute atomic E-state index is 0.244. The lowest BCUT2D eigenvalue weighted by atomic mass is 9.96. The van der Waals surface area contributed by atoms with E-state index in [2.05, 4.69) is 10.3 Å². The SMILES string of the molecule is CC(C)(CC(N)=O)NC(N)=NC1CCCCC1. The first-order valence-corrected chi connectivity index (χ1v) is 6.29. The molecule has 0 spiro atoms. The number of nitrogens with zero attached hydrogens (tertiary/aromatic N) is 1. The van der Waals surface area contributed by atoms with Gasteiger partial charge in [0.05, 0.1) is 6.04 Å². The molecule has 1 amide bonds. The molecule has 1 fully saturated rings. The highest BCUT2D eigenvalue weighted by molar-refractivity contribution is 5.81. The lowest BCUT2D eigenvalue weighted by Crippen LogP contribution is -2.49. The minimum Gasteiger partial charge on any atom is -0.370 e. The average molecular weight is 240 g/mol. The van der Waals surface area contributed by atoms with Crippen molar-refractivity contribution in [2.45, 2.75) is 64.0 Å². The van der Waals surface area contributed by atoms with Crippen LogP contribution in [0.2, 0.25) is 0 Å². The van der Waals surface area contributed by atoms with Gasteiger partial charge in [0, 0.05) is 12.0 Å². The lowest BCUT2D eigenvalue weighted by molar-refractivity contribution is -0.119. The van der Waals surface area contributed by atoms with Crippen LogP contribution in [0.4, 0.5) is 0 Å². The zero-order valence-electron chi connectivity index (χ0n) is 10.8. The standard InChI is InChI=1S/C12H24N4O/c1-12(2,8-10(13)17)16-11(14)15-9-6-4-3-5-7-9/h9H,3-8H2,1-2H3,(H2,13,17)(H3,14,15,16). The summed E-state index contributed by atoms with van der Waals surface area (Å²) in [6, 6.07) is 0.334. The van der Waals surface area contributed by atoms with Gasteiger partial charge in [-0.2, -0.15) is 0 Å². The van der Waals surface area contributed by atoms with Crippen molar-refractivity contribution in [2.24, 2.45) is 16.5 Å². The summed E-state index contributed by atoms with van der Waals surface area (Å²) in [5.41, 5.74) is 10.6. The molecule has 1 aliphatic rings. The molecule has 0 aromatic carbocycles. The first-order chi connectivity index (χ1) is 7.89. The highest BCUT2D eigenvalue weighted by Crippen LogP contribution is 2.20. The average Bonchev–Trinajstić information content (AvgIpc) is 2.15. The molecule has 1 rings (SSSR count). The number of nitrogens with one attached hydrogen (secondary N) is 1. The van der Waals surface area contributed by atoms with Crippen LogP contribution in [0, 0.1) is 0 Å². The summed E-state index contributed by atoms with van der Waals surface area (Å²) in [6.45, 7) is 3.78. The van der Waals surface area contributed by atoms with E-state index in [0.29, 0.717) is 12.0 Å². The predicted octanol–water partition coefficient (Wildman–Crippen LogP) is 0.877. The molecule has 0 bridgehead atoms. The van der Waals surface area contributed by atoms with Crippen LogP contribution in [-0.2, 0) is 4.79 Å². The van der Waals surface area contributed by atoms with Gasteiger partial charge in [-0.15, -0.1) is 0 Å². The first kappa shape index (κ1) is 13.8. The van der Waals surface area contributed by atoms with Gasteiger partial charge in [-0.1, -0.05) is 19.3 Å². The summed E-state index contributed by atoms with van der Waals surface area (Å²) in [7, 11) is 0. The number of primary amides is 1. The molecule has 1 saturated carbocycles. The molecule has 17 heavy (non-hydrogen) atoms. The van der Waals surface area contributed by atoms with Gasteiger partial charge >= 0.3 is 0 Å². The third kappa shape index (κ3) is 5.56. The molecule has 0 aromatic rings. The van der Waals surface area contributed by atoms with Crippen LogP contribution in [0.25, 0.3) is 0 Å². The number of rotatable bonds is 4. The summed E-state index contributed by atoms with van der Waals surface area (Å²) in [5.74, 6) is 0.0797. The predicted molar refractivity (Wildman–Crippen MR) is 69.5 cm³/mol. The third-order valence-electron chi connectivity index (χ3n) is 2.98. The fourth-order valence-electron chi connectivity index (χ4n) is 2.27. The number of aliphatic imine (C=N–C) groups is 1. The van der Waals surface area contributed by atoms with Crippen LogP contribution in [0.15, 0.2) is 4.99 Å². The van der Waals surface area contributed by atoms with Gasteiger partial charge in [0.25, 0.3) is 0 Å². The van der Waals surface area contributed by atoms with Crippen LogP contribution in [-0.4, -0.2) is 23.4 Å². The lowest BCUT2D eigenvalue weighted by Gasteiger charge is -2.26. The quantitative estimate of drug-likeness (QED) is 0.503. The van der Waals surface area contributed by atoms with Gasteiger partial charge < -0.3 is 16.8 Å². The number of carbonyl (C=O) groups excluding carboxylic acids is 1. The van der Waals surface area contributed by atoms with E-state index >= 15 is 0 Å². The Bertz CT molecular complexity index is 293. The normalized spacial score (nSPS) is 19.1. The van der Waals surface area contributed by atoms with Gasteiger partial charge in [-0.3, -0.25) is 9.79 Å². The van der Waals surface area contributed by atoms with E-state index < -0.39 is 5.54 Å². The topological polar surface area (TPSA) is 93.5 Å². The van der Waals surface area contributed by atoms with E-state index in [-0.39, 0.29) is 12.3 Å². The van der Waals surface area contributed by atoms with E-state index in [9.17, 15) is 4.79 Å². The smallest absolute Gasteiger partial charge is 0.219 e. The Morgan fingerprint density at radius 2 is 1.88 bits per heavy atom. The van der Waals surface area contributed by atoms with Gasteiger partial charge in [-0.05, 0) is 26.7 Å². The highest BCUT2D eigenvalue weighted by Gasteiger charge is 2.21. The van der Waals surface area contributed by atoms with Crippen LogP contribution in [0.3, 0.4) is 0 Å². The zero-order chi connectivity index (χ0) is 12.9. The summed E-state index contributed by atoms with van der Waals surface area (Å²) in [6.07, 6.45) is 6.22. The van der Waals surface area contributed by atoms with Crippen LogP contribution >= 0.6 is 0 Å². The van der Waals surface area contributed by atoms with E-state index in [0.717, 1.165) is 12.8 Å². The van der Waals surface area contributed by atoms with E-state index in [1.54, 1.807) is 0 Å². The second kappa shape index (κ2) is 5.89. The number of hydrogen-bond donors (Lipinski definition) is 3. The molecule has 98 valence electrons. The fourth-order valence-corrected chi connectivity index (χ4v) is 2.27. The first-order valence-electron chi connectivity index (χ1n) is 6.29. The maximum atomic E-state index is 10.9. The Morgan fingerprint density at radius 3 is 2.41 bits per heavy atom. The Kier molecular flexibility index (Phi) is 4.78. The monoisotopic (exact) mass is 240 g/mol. The van der Waals surface area contributed by atoms with E-state index in [1.165, 1.54) is 19.3 Å². The van der Waals surface area contributed by atoms with E-state index in [4.69, 9.17) is 11.5 Å². The van der Waals surface area contributed by atoms with Crippen molar-refractivity contribution in [3.05, 3.63) is 0 Å². The third-order valence-corrected chi connectivity index (χ3v) is 2.98. The molecule has 0 unspecified atom stereocenters. The Hall–Kier alpha value is -1.26. The van der Waals surface area contributed by atoms with Crippen molar-refractivity contribution in [2.75, 3.05) is 0 Å². The summed E-state index contributed by atoms with van der Waals surface area (Å²) >= 11 is 0. The molecule has 0 atom stereocenters. The van der Waals surface area contributed by atoms with Gasteiger partial charge in [0.1, 0.15) is 0 Å². The Balaban J connectivity index is 2.48. The molecule has 5 heteroatoms. The molecular formula is C12H24N4O. The van der Waals surface area contributed by atoms with Crippen molar-refractivity contribution in [3.8, 4) is 0 Å². The second-order valence-electron chi connectivity index (χ2n) is 5.46. The molecular weight excluding hydrogens is 216 g/mol. The fraction of sp³-hybridized carbons (Fsp3) is 0.833. The Morgan fingerprint density at radius 1 is 1.29 bits per heavy atom. The maximum absolute atomic E-state index is 10.9. The van der Waals surface area contributed by atoms with Crippen LogP contribution in [0.1, 0.15) is 52.4 Å². The summed E-state index contributed by atoms with van der Waals surface area (Å²) in [4.78, 5) is 15.3. The number of carbonyl (C=O) groups is 1. The maximum Gasteiger partial charge on any atom is 0.219 e. The molecule has 1 aliphatic carbocycles. The molecule has 0 saturated heterocycles. The molecule has 0 heterocycles. The van der Waals surface area contributed by atoms with Crippen molar-refractivity contribution in [3.63, 3.8) is 0 Å². The van der Waals surface area contributed by atoms with Crippen molar-refractivity contribution in [1.82, 2.24) is 5.32 Å². The minimum atomic E-state index is -0.436. The van der Waals surface area contributed by atoms with Crippen molar-refractivity contribution < 1.29 is 4.79 Å². The summed E-state index contributed by atoms with van der Waals surface area (Å²) in [5, 5.41) is 3.06. The molecule has 0 radical (unpaired) electrons. The largest absolute Gasteiger partial charge is 0.370 e. The van der Waals surface area contributed by atoms with E-state index in [1.807, 2.05) is 13.8 Å². The Labute approximate surface area is 103 Å². The van der Waals surface area contributed by atoms with Crippen LogP contribution < -0.4 is 16.8 Å². The van der Waals surface area contributed by atoms with Gasteiger partial charge in [0.2, 0.25) is 5.91 Å². The number of guanidine groups is 1. The second-order valence-corrected chi connectivity index (χ2v) is 5.46. The van der Waals surface area contributed by atoms with Gasteiger partial charge in [-0.25, -0.2) is 0 Å². The van der Waals surface area contributed by atoms with Crippen molar-refractivity contribution >= 4 is 11.9 Å². The number of hydrogen-bond acceptors (Lipinski definition) is 2. The molecule has 0 aliphatic heterocycles. The molecule has 5 N–H and O–H groups in total. The summed E-state index contributed by atoms with van der Waals surface area (Å²) < 4.78 is 0. The van der Waals surface area contributed by atoms with Crippen LogP contribution in [0.5, 0.6) is 0 Å². The number of nitrogens with two attached hydrogens (primary N) is 2. The zero-order valence-corrected chi connectivity index (χ0v) is 10.8. The highest BCUT2D eigenvalue weighted by atomic mass is 16.1. The molecule has 5 nitrogen and oxygen atoms in total. The van der Waals surface area contributed by atoms with Gasteiger partial charge in [0.15, 0.2) is 5.96 Å². The molecule has 0 aromatic heterocycles.